The monoisotopic (exact) mass is 365 g/mol. The second kappa shape index (κ2) is 9.12. The molecule has 1 saturated heterocycles. The summed E-state index contributed by atoms with van der Waals surface area (Å²) in [6.07, 6.45) is 2.60. The molecule has 1 aromatic rings. The van der Waals surface area contributed by atoms with Crippen LogP contribution >= 0.6 is 0 Å². The SMILES string of the molecule is CC(C)N1CCC(NC(=O)CCNS(=O)(=O)/C=C/c2ccccc2)C1. The maximum atomic E-state index is 12.0. The number of carbonyl (C=O) groups is 1. The van der Waals surface area contributed by atoms with E-state index in [2.05, 4.69) is 28.8 Å². The zero-order valence-electron chi connectivity index (χ0n) is 14.8. The van der Waals surface area contributed by atoms with Crippen LogP contribution in [0.3, 0.4) is 0 Å². The molecule has 1 aliphatic heterocycles. The molecule has 25 heavy (non-hydrogen) atoms. The summed E-state index contributed by atoms with van der Waals surface area (Å²) in [4.78, 5) is 14.3. The van der Waals surface area contributed by atoms with Gasteiger partial charge in [-0.25, -0.2) is 13.1 Å². The Kier molecular flexibility index (Phi) is 7.16. The molecule has 0 bridgehead atoms. The fraction of sp³-hybridized carbons (Fsp3) is 0.500. The third-order valence-corrected chi connectivity index (χ3v) is 5.31. The Hall–Kier alpha value is -1.70. The molecule has 1 atom stereocenters. The smallest absolute Gasteiger partial charge is 0.233 e. The lowest BCUT2D eigenvalue weighted by Crippen LogP contribution is -2.39. The van der Waals surface area contributed by atoms with Crippen molar-refractivity contribution in [3.8, 4) is 0 Å². The van der Waals surface area contributed by atoms with Gasteiger partial charge in [-0.2, -0.15) is 0 Å². The molecule has 1 fully saturated rings. The van der Waals surface area contributed by atoms with E-state index in [1.807, 2.05) is 30.3 Å². The minimum Gasteiger partial charge on any atom is -0.352 e. The van der Waals surface area contributed by atoms with Gasteiger partial charge in [-0.15, -0.1) is 0 Å². The van der Waals surface area contributed by atoms with Crippen LogP contribution in [0.25, 0.3) is 6.08 Å². The van der Waals surface area contributed by atoms with E-state index in [0.717, 1.165) is 30.5 Å². The van der Waals surface area contributed by atoms with Crippen molar-refractivity contribution >= 4 is 22.0 Å². The Balaban J connectivity index is 1.71. The van der Waals surface area contributed by atoms with Crippen LogP contribution in [0.2, 0.25) is 0 Å². The first kappa shape index (κ1) is 19.6. The summed E-state index contributed by atoms with van der Waals surface area (Å²) in [5.41, 5.74) is 0.807. The van der Waals surface area contributed by atoms with E-state index in [4.69, 9.17) is 0 Å². The Morgan fingerprint density at radius 2 is 2.04 bits per heavy atom. The molecule has 0 radical (unpaired) electrons. The van der Waals surface area contributed by atoms with Gasteiger partial charge in [0.25, 0.3) is 0 Å². The number of nitrogens with zero attached hydrogens (tertiary/aromatic N) is 1. The summed E-state index contributed by atoms with van der Waals surface area (Å²) in [6, 6.07) is 9.83. The fourth-order valence-corrected chi connectivity index (χ4v) is 3.58. The summed E-state index contributed by atoms with van der Waals surface area (Å²) in [7, 11) is -3.54. The summed E-state index contributed by atoms with van der Waals surface area (Å²) in [5, 5.41) is 4.10. The largest absolute Gasteiger partial charge is 0.352 e. The molecule has 0 saturated carbocycles. The van der Waals surface area contributed by atoms with Crippen LogP contribution in [-0.2, 0) is 14.8 Å². The molecule has 2 rings (SSSR count). The number of hydrogen-bond acceptors (Lipinski definition) is 4. The van der Waals surface area contributed by atoms with Crippen molar-refractivity contribution < 1.29 is 13.2 Å². The van der Waals surface area contributed by atoms with E-state index in [1.54, 1.807) is 0 Å². The number of hydrogen-bond donors (Lipinski definition) is 2. The third-order valence-electron chi connectivity index (χ3n) is 4.21. The Morgan fingerprint density at radius 3 is 2.68 bits per heavy atom. The molecule has 1 unspecified atom stereocenters. The second-order valence-electron chi connectivity index (χ2n) is 6.54. The van der Waals surface area contributed by atoms with Gasteiger partial charge >= 0.3 is 0 Å². The van der Waals surface area contributed by atoms with Crippen LogP contribution in [0.1, 0.15) is 32.3 Å². The lowest BCUT2D eigenvalue weighted by Gasteiger charge is -2.20. The van der Waals surface area contributed by atoms with Crippen molar-refractivity contribution in [1.82, 2.24) is 14.9 Å². The van der Waals surface area contributed by atoms with E-state index < -0.39 is 10.0 Å². The second-order valence-corrected chi connectivity index (χ2v) is 8.20. The maximum Gasteiger partial charge on any atom is 0.233 e. The van der Waals surface area contributed by atoms with Gasteiger partial charge in [-0.1, -0.05) is 30.3 Å². The number of benzene rings is 1. The van der Waals surface area contributed by atoms with Crippen molar-refractivity contribution in [2.24, 2.45) is 0 Å². The van der Waals surface area contributed by atoms with Crippen LogP contribution in [0.5, 0.6) is 0 Å². The van der Waals surface area contributed by atoms with Crippen LogP contribution in [0, 0.1) is 0 Å². The highest BCUT2D eigenvalue weighted by Gasteiger charge is 2.25. The quantitative estimate of drug-likeness (QED) is 0.733. The highest BCUT2D eigenvalue weighted by molar-refractivity contribution is 7.92. The first-order valence-corrected chi connectivity index (χ1v) is 10.2. The van der Waals surface area contributed by atoms with Gasteiger partial charge in [-0.3, -0.25) is 9.69 Å². The summed E-state index contributed by atoms with van der Waals surface area (Å²) in [6.45, 7) is 6.21. The van der Waals surface area contributed by atoms with Gasteiger partial charge in [0.1, 0.15) is 0 Å². The molecule has 6 nitrogen and oxygen atoms in total. The molecular formula is C18H27N3O3S. The molecule has 2 N–H and O–H groups in total. The number of rotatable bonds is 8. The van der Waals surface area contributed by atoms with Crippen molar-refractivity contribution in [1.29, 1.82) is 0 Å². The number of carbonyl (C=O) groups excluding carboxylic acids is 1. The predicted molar refractivity (Wildman–Crippen MR) is 100 cm³/mol. The molecule has 0 aliphatic carbocycles. The summed E-state index contributed by atoms with van der Waals surface area (Å²) in [5.74, 6) is -0.120. The molecule has 1 aliphatic rings. The average Bonchev–Trinajstić information content (AvgIpc) is 3.02. The van der Waals surface area contributed by atoms with Gasteiger partial charge in [0.15, 0.2) is 0 Å². The van der Waals surface area contributed by atoms with Crippen LogP contribution in [0.15, 0.2) is 35.7 Å². The van der Waals surface area contributed by atoms with E-state index in [0.29, 0.717) is 6.04 Å². The molecule has 0 aromatic heterocycles. The summed E-state index contributed by atoms with van der Waals surface area (Å²) >= 11 is 0. The van der Waals surface area contributed by atoms with Crippen LogP contribution in [-0.4, -0.2) is 50.9 Å². The molecule has 1 aromatic carbocycles. The van der Waals surface area contributed by atoms with E-state index in [-0.39, 0.29) is 24.9 Å². The predicted octanol–water partition coefficient (Wildman–Crippen LogP) is 1.57. The average molecular weight is 365 g/mol. The normalized spacial score (nSPS) is 18.9. The highest BCUT2D eigenvalue weighted by atomic mass is 32.2. The summed E-state index contributed by atoms with van der Waals surface area (Å²) < 4.78 is 26.2. The first-order chi connectivity index (χ1) is 11.9. The number of sulfonamides is 1. The molecule has 0 spiro atoms. The van der Waals surface area contributed by atoms with Gasteiger partial charge in [0.2, 0.25) is 15.9 Å². The lowest BCUT2D eigenvalue weighted by atomic mass is 10.2. The fourth-order valence-electron chi connectivity index (χ4n) is 2.76. The molecule has 1 amide bonds. The first-order valence-electron chi connectivity index (χ1n) is 8.62. The van der Waals surface area contributed by atoms with Crippen molar-refractivity contribution in [2.45, 2.75) is 38.8 Å². The third kappa shape index (κ3) is 6.97. The molecular weight excluding hydrogens is 338 g/mol. The molecule has 138 valence electrons. The van der Waals surface area contributed by atoms with Gasteiger partial charge in [-0.05, 0) is 31.9 Å². The number of likely N-dealkylation sites (tertiary alicyclic amines) is 1. The van der Waals surface area contributed by atoms with E-state index in [9.17, 15) is 13.2 Å². The van der Waals surface area contributed by atoms with E-state index in [1.165, 1.54) is 6.08 Å². The number of nitrogens with one attached hydrogen (secondary N) is 2. The Morgan fingerprint density at radius 1 is 1.32 bits per heavy atom. The zero-order chi connectivity index (χ0) is 18.3. The minimum absolute atomic E-state index is 0.0912. The number of amides is 1. The lowest BCUT2D eigenvalue weighted by molar-refractivity contribution is -0.121. The van der Waals surface area contributed by atoms with E-state index >= 15 is 0 Å². The Labute approximate surface area is 150 Å². The van der Waals surface area contributed by atoms with Crippen LogP contribution in [0.4, 0.5) is 0 Å². The minimum atomic E-state index is -3.54. The topological polar surface area (TPSA) is 78.5 Å². The Bertz CT molecular complexity index is 687. The highest BCUT2D eigenvalue weighted by Crippen LogP contribution is 2.12. The zero-order valence-corrected chi connectivity index (χ0v) is 15.6. The molecule has 1 heterocycles. The van der Waals surface area contributed by atoms with Crippen molar-refractivity contribution in [2.75, 3.05) is 19.6 Å². The van der Waals surface area contributed by atoms with Gasteiger partial charge < -0.3 is 5.32 Å². The van der Waals surface area contributed by atoms with Crippen LogP contribution < -0.4 is 10.0 Å². The van der Waals surface area contributed by atoms with Crippen molar-refractivity contribution in [3.63, 3.8) is 0 Å². The van der Waals surface area contributed by atoms with Gasteiger partial charge in [0, 0.05) is 43.5 Å². The molecule has 7 heteroatoms. The standard InChI is InChI=1S/C18H27N3O3S/c1-15(2)21-12-9-17(14-21)20-18(22)8-11-19-25(23,24)13-10-16-6-4-3-5-7-16/h3-7,10,13,15,17,19H,8-9,11-12,14H2,1-2H3,(H,20,22)/b13-10+. The van der Waals surface area contributed by atoms with Crippen molar-refractivity contribution in [3.05, 3.63) is 41.3 Å². The maximum absolute atomic E-state index is 12.0. The van der Waals surface area contributed by atoms with Gasteiger partial charge in [0.05, 0.1) is 0 Å².